The van der Waals surface area contributed by atoms with Crippen molar-refractivity contribution in [3.63, 3.8) is 0 Å². The van der Waals surface area contributed by atoms with Gasteiger partial charge in [-0.15, -0.1) is 0 Å². The minimum Gasteiger partial charge on any atom is -0.462 e. The lowest BCUT2D eigenvalue weighted by atomic mass is 9.78. The molecule has 0 spiro atoms. The third-order valence-electron chi connectivity index (χ3n) is 5.06. The predicted octanol–water partition coefficient (Wildman–Crippen LogP) is 4.43. The lowest BCUT2D eigenvalue weighted by Gasteiger charge is -2.34. The Kier molecular flexibility index (Phi) is 7.44. The lowest BCUT2D eigenvalue weighted by Crippen LogP contribution is -2.37. The van der Waals surface area contributed by atoms with Crippen LogP contribution in [-0.2, 0) is 23.4 Å². The summed E-state index contributed by atoms with van der Waals surface area (Å²) in [6.45, 7) is 11.1. The molecule has 0 aliphatic rings. The van der Waals surface area contributed by atoms with E-state index in [1.54, 1.807) is 7.11 Å². The van der Waals surface area contributed by atoms with Gasteiger partial charge < -0.3 is 14.3 Å². The van der Waals surface area contributed by atoms with Gasteiger partial charge in [0.25, 0.3) is 0 Å². The molecule has 0 fully saturated rings. The van der Waals surface area contributed by atoms with Gasteiger partial charge in [-0.25, -0.2) is 0 Å². The number of hydrogen-bond donors (Lipinski definition) is 1. The Morgan fingerprint density at radius 3 is 2.23 bits per heavy atom. The number of furan rings is 1. The molecule has 0 saturated heterocycles. The molecular weight excluding hydrogens is 326 g/mol. The third-order valence-corrected chi connectivity index (χ3v) is 5.06. The molecule has 1 N–H and O–H groups in total. The number of hydrogen-bond acceptors (Lipinski definition) is 4. The van der Waals surface area contributed by atoms with E-state index in [0.717, 1.165) is 18.8 Å². The van der Waals surface area contributed by atoms with Gasteiger partial charge in [-0.2, -0.15) is 0 Å². The highest BCUT2D eigenvalue weighted by atomic mass is 16.5. The maximum Gasteiger partial charge on any atom is 0.136 e. The molecule has 0 unspecified atom stereocenters. The Morgan fingerprint density at radius 2 is 1.65 bits per heavy atom. The van der Waals surface area contributed by atoms with E-state index in [-0.39, 0.29) is 11.8 Å². The van der Waals surface area contributed by atoms with Gasteiger partial charge in [0.15, 0.2) is 0 Å². The van der Waals surface area contributed by atoms with Crippen molar-refractivity contribution < 1.29 is 14.3 Å². The molecule has 0 aliphatic heterocycles. The first-order valence-electron chi connectivity index (χ1n) is 9.44. The Hall–Kier alpha value is -1.62. The van der Waals surface area contributed by atoms with E-state index in [1.807, 2.05) is 45.9 Å². The highest BCUT2D eigenvalue weighted by molar-refractivity contribution is 5.17. The molecule has 1 aromatic carbocycles. The van der Waals surface area contributed by atoms with Crippen LogP contribution in [0.2, 0.25) is 0 Å². The monoisotopic (exact) mass is 359 g/mol. The fourth-order valence-electron chi connectivity index (χ4n) is 3.41. The molecule has 0 aliphatic carbocycles. The molecule has 2 rings (SSSR count). The van der Waals surface area contributed by atoms with Crippen LogP contribution >= 0.6 is 0 Å². The van der Waals surface area contributed by atoms with Crippen LogP contribution in [0.3, 0.4) is 0 Å². The van der Waals surface area contributed by atoms with Crippen molar-refractivity contribution in [2.24, 2.45) is 11.8 Å². The zero-order valence-electron chi connectivity index (χ0n) is 16.7. The summed E-state index contributed by atoms with van der Waals surface area (Å²) in [5.74, 6) is 1.68. The quantitative estimate of drug-likeness (QED) is 0.682. The van der Waals surface area contributed by atoms with Crippen molar-refractivity contribution in [2.45, 2.75) is 46.4 Å². The van der Waals surface area contributed by atoms with E-state index in [9.17, 15) is 5.11 Å². The van der Waals surface area contributed by atoms with Gasteiger partial charge in [0, 0.05) is 20.2 Å². The summed E-state index contributed by atoms with van der Waals surface area (Å²) >= 11 is 0. The second-order valence-electron chi connectivity index (χ2n) is 7.59. The van der Waals surface area contributed by atoms with Crippen LogP contribution in [-0.4, -0.2) is 30.3 Å². The molecule has 0 saturated carbocycles. The molecule has 4 nitrogen and oxygen atoms in total. The highest BCUT2D eigenvalue weighted by Crippen LogP contribution is 2.37. The van der Waals surface area contributed by atoms with Gasteiger partial charge in [0.2, 0.25) is 0 Å². The van der Waals surface area contributed by atoms with Crippen molar-refractivity contribution >= 4 is 0 Å². The van der Waals surface area contributed by atoms with Crippen molar-refractivity contribution in [3.8, 4) is 0 Å². The highest BCUT2D eigenvalue weighted by Gasteiger charge is 2.39. The minimum absolute atomic E-state index is 0.0791. The summed E-state index contributed by atoms with van der Waals surface area (Å²) in [7, 11) is 1.72. The first kappa shape index (κ1) is 20.7. The molecule has 0 bridgehead atoms. The van der Waals surface area contributed by atoms with Crippen LogP contribution in [0.15, 0.2) is 46.9 Å². The van der Waals surface area contributed by atoms with Crippen LogP contribution in [0.25, 0.3) is 0 Å². The second-order valence-corrected chi connectivity index (χ2v) is 7.59. The molecule has 144 valence electrons. The average molecular weight is 360 g/mol. The first-order chi connectivity index (χ1) is 12.4. The number of ether oxygens (including phenoxy) is 1. The topological polar surface area (TPSA) is 45.8 Å². The summed E-state index contributed by atoms with van der Waals surface area (Å²) in [5.41, 5.74) is 0.311. The standard InChI is InChI=1S/C22H33NO3/c1-17(2)22(24,18(3)4)21-12-11-20(26-21)16-23(13-14-25-5)15-19-9-7-6-8-10-19/h6-12,17-18,24H,13-16H2,1-5H3. The van der Waals surface area contributed by atoms with Crippen molar-refractivity contribution in [1.29, 1.82) is 0 Å². The number of aliphatic hydroxyl groups is 1. The van der Waals surface area contributed by atoms with Gasteiger partial charge in [-0.3, -0.25) is 4.90 Å². The molecule has 0 amide bonds. The fraction of sp³-hybridized carbons (Fsp3) is 0.545. The van der Waals surface area contributed by atoms with Crippen LogP contribution in [0, 0.1) is 11.8 Å². The number of benzene rings is 1. The van der Waals surface area contributed by atoms with E-state index in [0.29, 0.717) is 18.9 Å². The average Bonchev–Trinajstić information content (AvgIpc) is 3.08. The zero-order valence-corrected chi connectivity index (χ0v) is 16.7. The lowest BCUT2D eigenvalue weighted by molar-refractivity contribution is -0.0712. The minimum atomic E-state index is -0.949. The van der Waals surface area contributed by atoms with Crippen molar-refractivity contribution in [2.75, 3.05) is 20.3 Å². The van der Waals surface area contributed by atoms with E-state index >= 15 is 0 Å². The smallest absolute Gasteiger partial charge is 0.136 e. The molecule has 1 heterocycles. The second kappa shape index (κ2) is 9.36. The van der Waals surface area contributed by atoms with Crippen LogP contribution in [0.4, 0.5) is 0 Å². The van der Waals surface area contributed by atoms with Gasteiger partial charge in [-0.1, -0.05) is 58.0 Å². The maximum absolute atomic E-state index is 11.1. The SMILES string of the molecule is COCCN(Cc1ccccc1)Cc1ccc(C(O)(C(C)C)C(C)C)o1. The molecule has 1 aromatic heterocycles. The van der Waals surface area contributed by atoms with E-state index in [4.69, 9.17) is 9.15 Å². The Balaban J connectivity index is 2.14. The van der Waals surface area contributed by atoms with Crippen LogP contribution in [0.1, 0.15) is 44.8 Å². The predicted molar refractivity (Wildman–Crippen MR) is 105 cm³/mol. The molecule has 0 atom stereocenters. The summed E-state index contributed by atoms with van der Waals surface area (Å²) in [6.07, 6.45) is 0. The van der Waals surface area contributed by atoms with E-state index < -0.39 is 5.60 Å². The fourth-order valence-corrected chi connectivity index (χ4v) is 3.41. The Bertz CT molecular complexity index is 640. The Morgan fingerprint density at radius 1 is 1.00 bits per heavy atom. The molecule has 26 heavy (non-hydrogen) atoms. The first-order valence-corrected chi connectivity index (χ1v) is 9.44. The van der Waals surface area contributed by atoms with Gasteiger partial charge >= 0.3 is 0 Å². The van der Waals surface area contributed by atoms with Crippen molar-refractivity contribution in [3.05, 3.63) is 59.5 Å². The summed E-state index contributed by atoms with van der Waals surface area (Å²) in [5, 5.41) is 11.1. The summed E-state index contributed by atoms with van der Waals surface area (Å²) in [4.78, 5) is 2.30. The van der Waals surface area contributed by atoms with Crippen LogP contribution < -0.4 is 0 Å². The molecule has 4 heteroatoms. The summed E-state index contributed by atoms with van der Waals surface area (Å²) in [6, 6.07) is 14.3. The summed E-state index contributed by atoms with van der Waals surface area (Å²) < 4.78 is 11.3. The molecule has 0 radical (unpaired) electrons. The van der Waals surface area contributed by atoms with Gasteiger partial charge in [0.1, 0.15) is 17.1 Å². The Labute approximate surface area is 157 Å². The molecular formula is C22H33NO3. The molecule has 2 aromatic rings. The third kappa shape index (κ3) is 4.97. The van der Waals surface area contributed by atoms with Gasteiger partial charge in [0.05, 0.1) is 13.2 Å². The van der Waals surface area contributed by atoms with E-state index in [2.05, 4.69) is 29.2 Å². The van der Waals surface area contributed by atoms with Crippen molar-refractivity contribution in [1.82, 2.24) is 4.90 Å². The zero-order chi connectivity index (χ0) is 19.2. The number of nitrogens with zero attached hydrogens (tertiary/aromatic N) is 1. The van der Waals surface area contributed by atoms with E-state index in [1.165, 1.54) is 5.56 Å². The number of methoxy groups -OCH3 is 1. The van der Waals surface area contributed by atoms with Crippen LogP contribution in [0.5, 0.6) is 0 Å². The normalized spacial score (nSPS) is 12.5. The largest absolute Gasteiger partial charge is 0.462 e. The maximum atomic E-state index is 11.1. The number of rotatable bonds is 10. The van der Waals surface area contributed by atoms with Gasteiger partial charge in [-0.05, 0) is 29.5 Å².